The molecule has 0 radical (unpaired) electrons. The van der Waals surface area contributed by atoms with E-state index in [-0.39, 0.29) is 10.8 Å². The number of hydrogen-bond acceptors (Lipinski definition) is 2. The summed E-state index contributed by atoms with van der Waals surface area (Å²) in [6.45, 7) is 4.76. The monoisotopic (exact) mass is 735 g/mol. The first-order valence-corrected chi connectivity index (χ1v) is 21.3. The lowest BCUT2D eigenvalue weighted by Crippen LogP contribution is -2.55. The molecule has 57 heavy (non-hydrogen) atoms. The Hall–Kier alpha value is -5.86. The molecule has 7 aromatic carbocycles. The zero-order valence-corrected chi connectivity index (χ0v) is 32.6. The molecule has 1 heterocycles. The standard InChI is InChI=1S/C55H45NO/c1-54(2)45-19-7-3-13-38(45)39-26-25-37(32-48(39)54)56(50-23-12-18-43-41-15-6-10-24-51(41)57-53(43)50)49-22-9-5-14-40(49)42-17-11-21-47-52(42)44-16-4-8-20-46(44)55(47)35-28-33-27-34(30-35)31-36(55)29-33/h3-26,32-36H,27-31H2,1-2H3. The minimum atomic E-state index is -0.130. The van der Waals surface area contributed by atoms with Crippen LogP contribution in [-0.4, -0.2) is 0 Å². The molecule has 4 saturated carbocycles. The van der Waals surface area contributed by atoms with E-state index in [0.717, 1.165) is 62.7 Å². The van der Waals surface area contributed by atoms with Gasteiger partial charge in [0.05, 0.1) is 11.4 Å². The van der Waals surface area contributed by atoms with E-state index in [0.29, 0.717) is 0 Å². The summed E-state index contributed by atoms with van der Waals surface area (Å²) in [5, 5.41) is 2.28. The van der Waals surface area contributed by atoms with Crippen molar-refractivity contribution in [3.8, 4) is 33.4 Å². The predicted octanol–water partition coefficient (Wildman–Crippen LogP) is 14.8. The Morgan fingerprint density at radius 1 is 0.474 bits per heavy atom. The van der Waals surface area contributed by atoms with Crippen molar-refractivity contribution in [2.24, 2.45) is 23.7 Å². The molecule has 8 aromatic rings. The third-order valence-electron chi connectivity index (χ3n) is 15.5. The molecule has 4 bridgehead atoms. The van der Waals surface area contributed by atoms with Gasteiger partial charge in [0.25, 0.3) is 0 Å². The Labute approximate surface area is 334 Å². The summed E-state index contributed by atoms with van der Waals surface area (Å²) in [5.74, 6) is 3.28. The van der Waals surface area contributed by atoms with Gasteiger partial charge in [0.1, 0.15) is 5.58 Å². The first kappa shape index (κ1) is 32.2. The fourth-order valence-corrected chi connectivity index (χ4v) is 13.5. The van der Waals surface area contributed by atoms with Crippen molar-refractivity contribution in [3.05, 3.63) is 174 Å². The first-order chi connectivity index (χ1) is 28.0. The number of anilines is 3. The van der Waals surface area contributed by atoms with Crippen molar-refractivity contribution in [2.75, 3.05) is 4.90 Å². The average Bonchev–Trinajstić information content (AvgIpc) is 3.85. The third-order valence-corrected chi connectivity index (χ3v) is 15.5. The lowest BCUT2D eigenvalue weighted by atomic mass is 9.43. The molecule has 0 saturated heterocycles. The van der Waals surface area contributed by atoms with Crippen LogP contribution in [0.5, 0.6) is 0 Å². The van der Waals surface area contributed by atoms with E-state index in [2.05, 4.69) is 170 Å². The van der Waals surface area contributed by atoms with E-state index in [4.69, 9.17) is 4.42 Å². The lowest BCUT2D eigenvalue weighted by Gasteiger charge is -2.61. The molecule has 0 unspecified atom stereocenters. The summed E-state index contributed by atoms with van der Waals surface area (Å²) in [7, 11) is 0. The number of nitrogens with zero attached hydrogens (tertiary/aromatic N) is 1. The lowest BCUT2D eigenvalue weighted by molar-refractivity contribution is -0.0399. The number of benzene rings is 7. The first-order valence-electron chi connectivity index (χ1n) is 21.3. The molecule has 1 aromatic heterocycles. The summed E-state index contributed by atoms with van der Waals surface area (Å²) < 4.78 is 6.85. The van der Waals surface area contributed by atoms with Gasteiger partial charge in [0.2, 0.25) is 0 Å². The third kappa shape index (κ3) is 4.16. The Morgan fingerprint density at radius 2 is 1.07 bits per heavy atom. The second-order valence-corrected chi connectivity index (χ2v) is 18.5. The summed E-state index contributed by atoms with van der Waals surface area (Å²) in [5.41, 5.74) is 19.3. The number of furan rings is 1. The Morgan fingerprint density at radius 3 is 1.89 bits per heavy atom. The Balaban J connectivity index is 1.07. The van der Waals surface area contributed by atoms with Crippen molar-refractivity contribution in [3.63, 3.8) is 0 Å². The average molecular weight is 736 g/mol. The van der Waals surface area contributed by atoms with E-state index in [1.54, 1.807) is 11.1 Å². The van der Waals surface area contributed by atoms with Crippen molar-refractivity contribution < 1.29 is 4.42 Å². The predicted molar refractivity (Wildman–Crippen MR) is 235 cm³/mol. The van der Waals surface area contributed by atoms with Gasteiger partial charge >= 0.3 is 0 Å². The highest BCUT2D eigenvalue weighted by Gasteiger charge is 2.61. The van der Waals surface area contributed by atoms with Crippen LogP contribution in [0.3, 0.4) is 0 Å². The highest BCUT2D eigenvalue weighted by Crippen LogP contribution is 2.70. The van der Waals surface area contributed by atoms with Gasteiger partial charge in [-0.3, -0.25) is 0 Å². The quantitative estimate of drug-likeness (QED) is 0.179. The molecule has 0 aliphatic heterocycles. The zero-order chi connectivity index (χ0) is 37.6. The number of para-hydroxylation sites is 3. The van der Waals surface area contributed by atoms with Crippen LogP contribution in [0.15, 0.2) is 156 Å². The van der Waals surface area contributed by atoms with Crippen LogP contribution in [0.25, 0.3) is 55.3 Å². The van der Waals surface area contributed by atoms with Gasteiger partial charge < -0.3 is 9.32 Å². The van der Waals surface area contributed by atoms with E-state index < -0.39 is 0 Å². The molecule has 6 aliphatic rings. The van der Waals surface area contributed by atoms with Crippen LogP contribution in [0.1, 0.15) is 68.2 Å². The summed E-state index contributed by atoms with van der Waals surface area (Å²) in [4.78, 5) is 2.50. The Bertz CT molecular complexity index is 2950. The molecule has 0 amide bonds. The van der Waals surface area contributed by atoms with Crippen molar-refractivity contribution in [2.45, 2.75) is 56.8 Å². The highest BCUT2D eigenvalue weighted by atomic mass is 16.3. The van der Waals surface area contributed by atoms with Gasteiger partial charge in [-0.25, -0.2) is 0 Å². The van der Waals surface area contributed by atoms with Crippen LogP contribution >= 0.6 is 0 Å². The summed E-state index contributed by atoms with van der Waals surface area (Å²) >= 11 is 0. The number of fused-ring (bicyclic) bond motifs is 9. The molecule has 6 aliphatic carbocycles. The molecule has 4 fully saturated rings. The minimum Gasteiger partial charge on any atom is -0.454 e. The molecule has 0 N–H and O–H groups in total. The van der Waals surface area contributed by atoms with Crippen LogP contribution in [0, 0.1) is 23.7 Å². The topological polar surface area (TPSA) is 16.4 Å². The number of rotatable bonds is 4. The maximum atomic E-state index is 6.85. The maximum Gasteiger partial charge on any atom is 0.159 e. The molecule has 14 rings (SSSR count). The van der Waals surface area contributed by atoms with Crippen LogP contribution in [0.2, 0.25) is 0 Å². The molecule has 2 heteroatoms. The van der Waals surface area contributed by atoms with Crippen molar-refractivity contribution in [1.29, 1.82) is 0 Å². The van der Waals surface area contributed by atoms with Crippen LogP contribution in [0.4, 0.5) is 17.1 Å². The van der Waals surface area contributed by atoms with E-state index in [1.807, 2.05) is 0 Å². The largest absolute Gasteiger partial charge is 0.454 e. The second kappa shape index (κ2) is 11.4. The van der Waals surface area contributed by atoms with Crippen LogP contribution < -0.4 is 4.90 Å². The van der Waals surface area contributed by atoms with E-state index in [1.165, 1.54) is 76.6 Å². The van der Waals surface area contributed by atoms with Gasteiger partial charge in [-0.2, -0.15) is 0 Å². The molecule has 1 spiro atoms. The molecule has 2 nitrogen and oxygen atoms in total. The van der Waals surface area contributed by atoms with Gasteiger partial charge in [0.15, 0.2) is 5.58 Å². The maximum absolute atomic E-state index is 6.85. The van der Waals surface area contributed by atoms with Crippen molar-refractivity contribution >= 4 is 39.0 Å². The summed E-state index contributed by atoms with van der Waals surface area (Å²) in [6, 6.07) is 57.2. The van der Waals surface area contributed by atoms with E-state index >= 15 is 0 Å². The van der Waals surface area contributed by atoms with Gasteiger partial charge in [0, 0.05) is 32.9 Å². The molecule has 276 valence electrons. The highest BCUT2D eigenvalue weighted by molar-refractivity contribution is 6.11. The fraction of sp³-hybridized carbons (Fsp3) is 0.236. The van der Waals surface area contributed by atoms with E-state index in [9.17, 15) is 0 Å². The minimum absolute atomic E-state index is 0.116. The smallest absolute Gasteiger partial charge is 0.159 e. The van der Waals surface area contributed by atoms with Crippen LogP contribution in [-0.2, 0) is 10.8 Å². The fourth-order valence-electron chi connectivity index (χ4n) is 13.5. The molecular weight excluding hydrogens is 691 g/mol. The SMILES string of the molecule is CC1(C)c2ccccc2-c2ccc(N(c3ccccc3-c3cccc4c3-c3ccccc3C43C4CC5CC(C4)CC3C5)c3cccc4c3oc3ccccc34)cc21. The second-order valence-electron chi connectivity index (χ2n) is 18.5. The number of hydrogen-bond donors (Lipinski definition) is 0. The molecule has 0 atom stereocenters. The van der Waals surface area contributed by atoms with Gasteiger partial charge in [-0.05, 0) is 136 Å². The summed E-state index contributed by atoms with van der Waals surface area (Å²) in [6.07, 6.45) is 7.00. The molecular formula is C55H45NO. The normalized spacial score (nSPS) is 24.2. The van der Waals surface area contributed by atoms with Gasteiger partial charge in [-0.1, -0.05) is 135 Å². The zero-order valence-electron chi connectivity index (χ0n) is 32.6. The van der Waals surface area contributed by atoms with Gasteiger partial charge in [-0.15, -0.1) is 0 Å². The van der Waals surface area contributed by atoms with Crippen molar-refractivity contribution in [1.82, 2.24) is 0 Å². The Kier molecular flexibility index (Phi) is 6.44.